The number of nitrogens with zero attached hydrogens (tertiary/aromatic N) is 6. The summed E-state index contributed by atoms with van der Waals surface area (Å²) in [5, 5.41) is 7.77. The molecule has 2 aromatic heterocycles. The fourth-order valence-electron chi connectivity index (χ4n) is 7.95. The second-order valence-electron chi connectivity index (χ2n) is 14.0. The van der Waals surface area contributed by atoms with Gasteiger partial charge in [0, 0.05) is 49.6 Å². The molecule has 2 N–H and O–H groups in total. The number of hydrogen-bond donors (Lipinski definition) is 2. The average Bonchev–Trinajstić information content (AvgIpc) is 3.09. The Morgan fingerprint density at radius 2 is 1.98 bits per heavy atom. The van der Waals surface area contributed by atoms with Crippen molar-refractivity contribution in [3.8, 4) is 11.5 Å². The van der Waals surface area contributed by atoms with E-state index < -0.39 is 12.5 Å². The first-order valence-electron chi connectivity index (χ1n) is 16.8. The highest BCUT2D eigenvalue weighted by atomic mass is 35.5. The van der Waals surface area contributed by atoms with Crippen molar-refractivity contribution < 1.29 is 8.78 Å². The molecule has 0 amide bonds. The predicted molar refractivity (Wildman–Crippen MR) is 185 cm³/mol. The first-order valence-corrected chi connectivity index (χ1v) is 17.1. The Bertz CT molecular complexity index is 1870. The predicted octanol–water partition coefficient (Wildman–Crippen LogP) is 5.94. The molecule has 0 spiro atoms. The third kappa shape index (κ3) is 6.30. The lowest BCUT2D eigenvalue weighted by Crippen LogP contribution is -2.64. The van der Waals surface area contributed by atoms with E-state index in [2.05, 4.69) is 41.4 Å². The topological polar surface area (TPSA) is 100 Å². The number of guanidine groups is 1. The van der Waals surface area contributed by atoms with Gasteiger partial charge in [0.25, 0.3) is 12.0 Å². The molecule has 48 heavy (non-hydrogen) atoms. The molecule has 3 saturated carbocycles. The van der Waals surface area contributed by atoms with Crippen LogP contribution in [0.1, 0.15) is 39.2 Å². The maximum absolute atomic E-state index is 14.0. The van der Waals surface area contributed by atoms with Crippen molar-refractivity contribution in [3.05, 3.63) is 82.0 Å². The molecular formula is C36H41ClF2N8O. The lowest BCUT2D eigenvalue weighted by atomic mass is 9.45. The highest BCUT2D eigenvalue weighted by molar-refractivity contribution is 6.30. The molecule has 2 bridgehead atoms. The number of fused-ring (bicyclic) bond motifs is 3. The highest BCUT2D eigenvalue weighted by Gasteiger charge is 2.56. The number of aliphatic imine (C=N–C) groups is 1. The van der Waals surface area contributed by atoms with Crippen LogP contribution in [0.2, 0.25) is 5.02 Å². The van der Waals surface area contributed by atoms with Gasteiger partial charge in [-0.05, 0) is 78.3 Å². The van der Waals surface area contributed by atoms with Crippen LogP contribution in [0.4, 0.5) is 14.5 Å². The number of benzene rings is 2. The van der Waals surface area contributed by atoms with Gasteiger partial charge in [0.2, 0.25) is 0 Å². The first kappa shape index (κ1) is 32.6. The molecule has 3 heterocycles. The normalized spacial score (nSPS) is 25.3. The van der Waals surface area contributed by atoms with Crippen LogP contribution in [0.25, 0.3) is 22.4 Å². The van der Waals surface area contributed by atoms with Crippen molar-refractivity contribution in [2.24, 2.45) is 28.2 Å². The summed E-state index contributed by atoms with van der Waals surface area (Å²) in [5.74, 6) is 2.65. The fraction of sp³-hybridized carbons (Fsp3) is 0.472. The fourth-order valence-corrected chi connectivity index (χ4v) is 8.08. The minimum Gasteiger partial charge on any atom is -0.353 e. The molecular weight excluding hydrogens is 634 g/mol. The number of halogens is 3. The van der Waals surface area contributed by atoms with Crippen LogP contribution in [0.5, 0.6) is 0 Å². The smallest absolute Gasteiger partial charge is 0.261 e. The third-order valence-electron chi connectivity index (χ3n) is 11.0. The summed E-state index contributed by atoms with van der Waals surface area (Å²) in [6, 6.07) is 12.1. The average molecular weight is 675 g/mol. The van der Waals surface area contributed by atoms with Crippen molar-refractivity contribution in [1.82, 2.24) is 35.1 Å². The van der Waals surface area contributed by atoms with Gasteiger partial charge in [0.05, 0.1) is 28.8 Å². The summed E-state index contributed by atoms with van der Waals surface area (Å²) in [5.41, 5.74) is 2.71. The molecule has 252 valence electrons. The number of aryl methyl sites for hydroxylation is 1. The van der Waals surface area contributed by atoms with Gasteiger partial charge >= 0.3 is 0 Å². The minimum atomic E-state index is -2.48. The molecule has 3 aliphatic carbocycles. The number of aromatic nitrogens is 4. The SMILES string of the molecule is C[C@H]1[C@@H](NC(=Nc2ccc3c(=O)n(CCc4ccc(Cl)cc4)c(-c4cnccn4)nc3c2)N2CCN[C@@H](C(F)F)C2)C[C@@H]2C[C@@H]1C2(C)C. The summed E-state index contributed by atoms with van der Waals surface area (Å²) < 4.78 is 29.3. The van der Waals surface area contributed by atoms with Crippen molar-refractivity contribution in [1.29, 1.82) is 0 Å². The zero-order chi connectivity index (χ0) is 33.6. The second-order valence-corrected chi connectivity index (χ2v) is 14.5. The monoisotopic (exact) mass is 674 g/mol. The standard InChI is InChI=1S/C36H41ClF2N8O/c1-21-27-16-23(36(27,2)3)17-28(21)45-35(46-15-13-42-31(20-46)32(38)39)43-25-8-9-26-29(18-25)44-33(30-19-40-11-12-41-30)47(34(26)48)14-10-22-4-6-24(37)7-5-22/h4-9,11-12,18-19,21,23,27-28,31-32,42H,10,13-17,20H2,1-3H3,(H,43,45)/t21-,23+,27+,28+,31-/m1/s1. The largest absolute Gasteiger partial charge is 0.353 e. The second kappa shape index (κ2) is 13.2. The van der Waals surface area contributed by atoms with Crippen LogP contribution >= 0.6 is 11.6 Å². The van der Waals surface area contributed by atoms with Crippen LogP contribution in [0.3, 0.4) is 0 Å². The van der Waals surface area contributed by atoms with E-state index in [-0.39, 0.29) is 18.1 Å². The van der Waals surface area contributed by atoms with E-state index in [1.54, 1.807) is 41.4 Å². The molecule has 1 saturated heterocycles. The number of hydrogen-bond acceptors (Lipinski definition) is 6. The molecule has 4 fully saturated rings. The van der Waals surface area contributed by atoms with Crippen LogP contribution in [-0.4, -0.2) is 68.5 Å². The van der Waals surface area contributed by atoms with Gasteiger partial charge in [-0.15, -0.1) is 0 Å². The Labute approximate surface area is 283 Å². The zero-order valence-corrected chi connectivity index (χ0v) is 28.2. The van der Waals surface area contributed by atoms with Gasteiger partial charge in [-0.25, -0.2) is 23.7 Å². The molecule has 4 aliphatic rings. The van der Waals surface area contributed by atoms with Crippen molar-refractivity contribution in [3.63, 3.8) is 0 Å². The van der Waals surface area contributed by atoms with Crippen LogP contribution in [0.15, 0.2) is 70.8 Å². The zero-order valence-electron chi connectivity index (χ0n) is 27.4. The van der Waals surface area contributed by atoms with Gasteiger partial charge < -0.3 is 15.5 Å². The van der Waals surface area contributed by atoms with E-state index >= 15 is 0 Å². The summed E-state index contributed by atoms with van der Waals surface area (Å²) >= 11 is 6.08. The number of rotatable bonds is 7. The summed E-state index contributed by atoms with van der Waals surface area (Å²) in [6.45, 7) is 8.53. The van der Waals surface area contributed by atoms with Gasteiger partial charge in [-0.2, -0.15) is 0 Å². The maximum Gasteiger partial charge on any atom is 0.261 e. The Kier molecular flexibility index (Phi) is 8.93. The molecule has 9 nitrogen and oxygen atoms in total. The molecule has 4 aromatic rings. The third-order valence-corrected chi connectivity index (χ3v) is 11.2. The molecule has 0 unspecified atom stereocenters. The highest BCUT2D eigenvalue weighted by Crippen LogP contribution is 2.61. The van der Waals surface area contributed by atoms with E-state index in [9.17, 15) is 13.6 Å². The van der Waals surface area contributed by atoms with E-state index in [0.717, 1.165) is 12.0 Å². The molecule has 5 atom stereocenters. The lowest BCUT2D eigenvalue weighted by molar-refractivity contribution is -0.112. The van der Waals surface area contributed by atoms with Gasteiger partial charge in [0.1, 0.15) is 5.69 Å². The number of alkyl halides is 2. The Hall–Kier alpha value is -3.96. The lowest BCUT2D eigenvalue weighted by Gasteiger charge is -2.62. The number of piperazine rings is 1. The Morgan fingerprint density at radius 3 is 2.69 bits per heavy atom. The van der Waals surface area contributed by atoms with Gasteiger partial charge in [0.15, 0.2) is 11.8 Å². The maximum atomic E-state index is 14.0. The first-order chi connectivity index (χ1) is 23.1. The molecule has 1 aliphatic heterocycles. The minimum absolute atomic E-state index is 0.143. The summed E-state index contributed by atoms with van der Waals surface area (Å²) in [6.07, 6.45) is 5.11. The van der Waals surface area contributed by atoms with Crippen LogP contribution in [-0.2, 0) is 13.0 Å². The molecule has 2 aromatic carbocycles. The molecule has 0 radical (unpaired) electrons. The van der Waals surface area contributed by atoms with Gasteiger partial charge in [-0.3, -0.25) is 14.3 Å². The molecule has 12 heteroatoms. The van der Waals surface area contributed by atoms with Crippen molar-refractivity contribution >= 4 is 34.2 Å². The Morgan fingerprint density at radius 1 is 1.17 bits per heavy atom. The van der Waals surface area contributed by atoms with Gasteiger partial charge in [-0.1, -0.05) is 44.5 Å². The van der Waals surface area contributed by atoms with Crippen LogP contribution < -0.4 is 16.2 Å². The van der Waals surface area contributed by atoms with E-state index in [0.29, 0.717) is 88.3 Å². The quantitative estimate of drug-likeness (QED) is 0.185. The summed E-state index contributed by atoms with van der Waals surface area (Å²) in [4.78, 5) is 34.6. The summed E-state index contributed by atoms with van der Waals surface area (Å²) in [7, 11) is 0. The van der Waals surface area contributed by atoms with Crippen molar-refractivity contribution in [2.45, 2.75) is 65.1 Å². The number of nitrogens with one attached hydrogen (secondary N) is 2. The van der Waals surface area contributed by atoms with E-state index in [4.69, 9.17) is 21.6 Å². The Balaban J connectivity index is 1.25. The van der Waals surface area contributed by atoms with Crippen LogP contribution in [0, 0.1) is 23.2 Å². The van der Waals surface area contributed by atoms with E-state index in [1.807, 2.05) is 29.2 Å². The van der Waals surface area contributed by atoms with Crippen molar-refractivity contribution in [2.75, 3.05) is 19.6 Å². The molecule has 8 rings (SSSR count). The van der Waals surface area contributed by atoms with E-state index in [1.165, 1.54) is 6.42 Å².